The Bertz CT molecular complexity index is 2360. The lowest BCUT2D eigenvalue weighted by atomic mass is 10.00. The number of hydrogen-bond donors (Lipinski definition) is 1. The first-order valence-corrected chi connectivity index (χ1v) is 16.4. The molecule has 2 aliphatic rings. The number of ether oxygens (including phenoxy) is 1. The molecular formula is C39H33N5O5. The Morgan fingerprint density at radius 2 is 1.53 bits per heavy atom. The fourth-order valence-corrected chi connectivity index (χ4v) is 7.16. The molecular weight excluding hydrogens is 618 g/mol. The number of anilines is 1. The van der Waals surface area contributed by atoms with Crippen LogP contribution in [-0.4, -0.2) is 38.1 Å². The van der Waals surface area contributed by atoms with Crippen LogP contribution in [-0.2, 0) is 17.8 Å². The maximum atomic E-state index is 14.3. The van der Waals surface area contributed by atoms with E-state index in [-0.39, 0.29) is 36.3 Å². The highest BCUT2D eigenvalue weighted by Gasteiger charge is 2.46. The van der Waals surface area contributed by atoms with Crippen LogP contribution in [0.2, 0.25) is 0 Å². The first-order chi connectivity index (χ1) is 23.8. The molecule has 49 heavy (non-hydrogen) atoms. The van der Waals surface area contributed by atoms with Gasteiger partial charge in [0, 0.05) is 17.4 Å². The molecule has 1 N–H and O–H groups in total. The summed E-state index contributed by atoms with van der Waals surface area (Å²) in [5.41, 5.74) is 3.13. The number of para-hydroxylation sites is 3. The Morgan fingerprint density at radius 1 is 0.837 bits per heavy atom. The zero-order valence-corrected chi connectivity index (χ0v) is 27.0. The van der Waals surface area contributed by atoms with Crippen molar-refractivity contribution in [3.05, 3.63) is 136 Å². The summed E-state index contributed by atoms with van der Waals surface area (Å²) in [5.74, 6) is 0.282. The van der Waals surface area contributed by atoms with Gasteiger partial charge >= 0.3 is 6.09 Å². The Kier molecular flexibility index (Phi) is 7.36. The number of carbonyl (C=O) groups is 3. The SMILES string of the molecule is CC(C)C[C@H]1C(=O)n2c(c(C[C@@H]3NC(=O)c4ccccc4-n4c3nc3ccccc3c4=O)c3ccccc32)N1C(=O)OCc1ccccc1. The lowest BCUT2D eigenvalue weighted by Crippen LogP contribution is -2.42. The normalized spacial score (nSPS) is 16.8. The standard InChI is InChI=1S/C39H33N5O5/c1-23(2)20-33-38(47)43-31-18-10-7-14-25(31)28(36(43)44(33)39(48)49-22-24-12-4-3-5-13-24)21-30-34-40-29-17-9-6-15-26(29)37(46)42(34)32-19-11-8-16-27(32)35(45)41-30/h3-19,23,30,33H,20-22H2,1-2H3,(H,41,45)/t30-,33-/m0/s1. The van der Waals surface area contributed by atoms with Crippen molar-refractivity contribution in [2.45, 2.75) is 45.4 Å². The van der Waals surface area contributed by atoms with Crippen LogP contribution in [0.3, 0.4) is 0 Å². The van der Waals surface area contributed by atoms with Crippen LogP contribution < -0.4 is 15.8 Å². The molecule has 0 saturated carbocycles. The van der Waals surface area contributed by atoms with Crippen LogP contribution in [0.1, 0.15) is 58.4 Å². The van der Waals surface area contributed by atoms with Gasteiger partial charge in [-0.25, -0.2) is 14.7 Å². The number of carbonyl (C=O) groups excluding carboxylic acids is 3. The van der Waals surface area contributed by atoms with E-state index in [0.717, 1.165) is 10.9 Å². The van der Waals surface area contributed by atoms with E-state index in [9.17, 15) is 19.2 Å². The Morgan fingerprint density at radius 3 is 2.33 bits per heavy atom. The summed E-state index contributed by atoms with van der Waals surface area (Å²) in [4.78, 5) is 62.8. The van der Waals surface area contributed by atoms with Crippen molar-refractivity contribution < 1.29 is 19.1 Å². The predicted octanol–water partition coefficient (Wildman–Crippen LogP) is 6.58. The number of hydrogen-bond acceptors (Lipinski definition) is 6. The van der Waals surface area contributed by atoms with Crippen LogP contribution in [0.25, 0.3) is 27.5 Å². The molecule has 2 aromatic heterocycles. The van der Waals surface area contributed by atoms with Crippen molar-refractivity contribution in [2.24, 2.45) is 5.92 Å². The summed E-state index contributed by atoms with van der Waals surface area (Å²) in [6.07, 6.45) is -0.0725. The van der Waals surface area contributed by atoms with E-state index in [4.69, 9.17) is 9.72 Å². The van der Waals surface area contributed by atoms with E-state index in [0.29, 0.717) is 51.3 Å². The van der Waals surface area contributed by atoms with Gasteiger partial charge in [0.2, 0.25) is 0 Å². The highest BCUT2D eigenvalue weighted by atomic mass is 16.6. The number of benzene rings is 4. The van der Waals surface area contributed by atoms with E-state index in [1.54, 1.807) is 47.0 Å². The number of nitrogens with zero attached hydrogens (tertiary/aromatic N) is 4. The molecule has 4 heterocycles. The second-order valence-electron chi connectivity index (χ2n) is 12.9. The monoisotopic (exact) mass is 651 g/mol. The second kappa shape index (κ2) is 11.9. The van der Waals surface area contributed by atoms with Crippen molar-refractivity contribution in [3.8, 4) is 5.69 Å². The zero-order valence-electron chi connectivity index (χ0n) is 27.0. The summed E-state index contributed by atoms with van der Waals surface area (Å²) in [7, 11) is 0. The Hall–Kier alpha value is -6.03. The maximum absolute atomic E-state index is 14.3. The molecule has 10 nitrogen and oxygen atoms in total. The van der Waals surface area contributed by atoms with Crippen molar-refractivity contribution in [2.75, 3.05) is 4.90 Å². The third-order valence-electron chi connectivity index (χ3n) is 9.31. The molecule has 244 valence electrons. The number of aromatic nitrogens is 3. The van der Waals surface area contributed by atoms with Gasteiger partial charge in [-0.2, -0.15) is 0 Å². The Labute approximate surface area is 281 Å². The van der Waals surface area contributed by atoms with Gasteiger partial charge in [0.05, 0.1) is 33.7 Å². The molecule has 6 aromatic rings. The third-order valence-corrected chi connectivity index (χ3v) is 9.31. The molecule has 2 aliphatic heterocycles. The van der Waals surface area contributed by atoms with E-state index in [2.05, 4.69) is 5.32 Å². The van der Waals surface area contributed by atoms with Gasteiger partial charge in [0.1, 0.15) is 24.3 Å². The lowest BCUT2D eigenvalue weighted by Gasteiger charge is -2.26. The van der Waals surface area contributed by atoms with Crippen LogP contribution in [0.5, 0.6) is 0 Å². The number of rotatable bonds is 6. The van der Waals surface area contributed by atoms with E-state index in [1.165, 1.54) is 9.47 Å². The van der Waals surface area contributed by atoms with Gasteiger partial charge < -0.3 is 10.1 Å². The fourth-order valence-electron chi connectivity index (χ4n) is 7.16. The van der Waals surface area contributed by atoms with Crippen LogP contribution in [0.4, 0.5) is 10.6 Å². The fraction of sp³-hybridized carbons (Fsp3) is 0.205. The lowest BCUT2D eigenvalue weighted by molar-refractivity contribution is 0.0885. The Balaban J connectivity index is 1.30. The van der Waals surface area contributed by atoms with Gasteiger partial charge in [0.25, 0.3) is 17.4 Å². The molecule has 10 heteroatoms. The summed E-state index contributed by atoms with van der Waals surface area (Å²) in [6, 6.07) is 29.4. The van der Waals surface area contributed by atoms with Crippen LogP contribution >= 0.6 is 0 Å². The first kappa shape index (κ1) is 30.3. The van der Waals surface area contributed by atoms with Crippen molar-refractivity contribution in [3.63, 3.8) is 0 Å². The van der Waals surface area contributed by atoms with Gasteiger partial charge in [-0.1, -0.05) is 86.6 Å². The minimum absolute atomic E-state index is 0.0402. The van der Waals surface area contributed by atoms with Gasteiger partial charge in [0.15, 0.2) is 0 Å². The molecule has 8 rings (SSSR count). The molecule has 0 aliphatic carbocycles. The molecule has 0 fully saturated rings. The maximum Gasteiger partial charge on any atom is 0.416 e. The van der Waals surface area contributed by atoms with Gasteiger partial charge in [-0.15, -0.1) is 0 Å². The zero-order chi connectivity index (χ0) is 33.8. The molecule has 0 radical (unpaired) electrons. The number of amides is 2. The summed E-state index contributed by atoms with van der Waals surface area (Å²) >= 11 is 0. The largest absolute Gasteiger partial charge is 0.444 e. The molecule has 4 aromatic carbocycles. The summed E-state index contributed by atoms with van der Waals surface area (Å²) in [6.45, 7) is 4.06. The van der Waals surface area contributed by atoms with E-state index < -0.39 is 18.2 Å². The van der Waals surface area contributed by atoms with E-state index in [1.807, 2.05) is 74.5 Å². The second-order valence-corrected chi connectivity index (χ2v) is 12.9. The minimum atomic E-state index is -0.797. The average Bonchev–Trinajstić information content (AvgIpc) is 3.53. The third kappa shape index (κ3) is 4.99. The van der Waals surface area contributed by atoms with Gasteiger partial charge in [-0.3, -0.25) is 23.5 Å². The molecule has 2 amide bonds. The highest BCUT2D eigenvalue weighted by molar-refractivity contribution is 6.13. The van der Waals surface area contributed by atoms with Gasteiger partial charge in [-0.05, 0) is 48.2 Å². The first-order valence-electron chi connectivity index (χ1n) is 16.4. The van der Waals surface area contributed by atoms with Crippen LogP contribution in [0.15, 0.2) is 108 Å². The van der Waals surface area contributed by atoms with Crippen molar-refractivity contribution in [1.82, 2.24) is 19.4 Å². The van der Waals surface area contributed by atoms with Crippen LogP contribution in [0, 0.1) is 5.92 Å². The summed E-state index contributed by atoms with van der Waals surface area (Å²) in [5, 5.41) is 4.31. The quantitative estimate of drug-likeness (QED) is 0.218. The number of fused-ring (bicyclic) bond motifs is 7. The average molecular weight is 652 g/mol. The predicted molar refractivity (Wildman–Crippen MR) is 186 cm³/mol. The topological polar surface area (TPSA) is 116 Å². The molecule has 0 spiro atoms. The molecule has 0 bridgehead atoms. The minimum Gasteiger partial charge on any atom is -0.444 e. The van der Waals surface area contributed by atoms with E-state index >= 15 is 0 Å². The number of nitrogens with one attached hydrogen (secondary N) is 1. The smallest absolute Gasteiger partial charge is 0.416 e. The van der Waals surface area contributed by atoms with Crippen molar-refractivity contribution >= 4 is 45.5 Å². The highest BCUT2D eigenvalue weighted by Crippen LogP contribution is 2.43. The molecule has 0 unspecified atom stereocenters. The summed E-state index contributed by atoms with van der Waals surface area (Å²) < 4.78 is 8.98. The molecule has 2 atom stereocenters. The van der Waals surface area contributed by atoms with Crippen molar-refractivity contribution in [1.29, 1.82) is 0 Å². The molecule has 0 saturated heterocycles.